The lowest BCUT2D eigenvalue weighted by molar-refractivity contribution is -0.119. The zero-order chi connectivity index (χ0) is 33.3. The minimum absolute atomic E-state index is 0.0609. The summed E-state index contributed by atoms with van der Waals surface area (Å²) in [5.41, 5.74) is 2.74. The Kier molecular flexibility index (Phi) is 11.8. The summed E-state index contributed by atoms with van der Waals surface area (Å²) < 4.78 is 54.4. The van der Waals surface area contributed by atoms with Crippen LogP contribution in [0.15, 0.2) is 47.5 Å². The van der Waals surface area contributed by atoms with Gasteiger partial charge < -0.3 is 42.6 Å². The van der Waals surface area contributed by atoms with Crippen LogP contribution in [-0.4, -0.2) is 70.6 Å². The third kappa shape index (κ3) is 9.43. The van der Waals surface area contributed by atoms with Gasteiger partial charge in [-0.05, 0) is 98.9 Å². The minimum Gasteiger partial charge on any atom is -0.461 e. The van der Waals surface area contributed by atoms with Gasteiger partial charge in [-0.1, -0.05) is 12.1 Å². The third-order valence-electron chi connectivity index (χ3n) is 9.30. The average molecular weight is 677 g/mol. The minimum atomic E-state index is -0.342. The molecule has 49 heavy (non-hydrogen) atoms. The molecular formula is C39H48O10. The van der Waals surface area contributed by atoms with Crippen LogP contribution in [0.25, 0.3) is 12.2 Å². The van der Waals surface area contributed by atoms with Gasteiger partial charge in [0.1, 0.15) is 0 Å². The van der Waals surface area contributed by atoms with Crippen molar-refractivity contribution in [3.63, 3.8) is 0 Å². The molecule has 264 valence electrons. The molecule has 5 aliphatic heterocycles. The van der Waals surface area contributed by atoms with Gasteiger partial charge in [0.25, 0.3) is 0 Å². The first-order valence-corrected chi connectivity index (χ1v) is 18.1. The second-order valence-electron chi connectivity index (χ2n) is 13.2. The predicted molar refractivity (Wildman–Crippen MR) is 182 cm³/mol. The molecular weight excluding hydrogens is 628 g/mol. The van der Waals surface area contributed by atoms with Crippen molar-refractivity contribution in [3.8, 4) is 23.0 Å². The molecule has 4 unspecified atom stereocenters. The van der Waals surface area contributed by atoms with Crippen molar-refractivity contribution in [3.05, 3.63) is 58.7 Å². The predicted octanol–water partition coefficient (Wildman–Crippen LogP) is 7.37. The fourth-order valence-corrected chi connectivity index (χ4v) is 6.62. The molecule has 5 heterocycles. The van der Waals surface area contributed by atoms with E-state index in [1.54, 1.807) is 0 Å². The summed E-state index contributed by atoms with van der Waals surface area (Å²) in [4.78, 5) is 13.8. The van der Waals surface area contributed by atoms with Crippen molar-refractivity contribution in [2.24, 2.45) is 0 Å². The number of ether oxygens (including phenoxy) is 9. The van der Waals surface area contributed by atoms with Crippen LogP contribution >= 0.6 is 0 Å². The van der Waals surface area contributed by atoms with E-state index in [4.69, 9.17) is 42.6 Å². The molecule has 10 nitrogen and oxygen atoms in total. The molecule has 10 heteroatoms. The Balaban J connectivity index is 1.10. The summed E-state index contributed by atoms with van der Waals surface area (Å²) in [6.07, 6.45) is 14.1. The van der Waals surface area contributed by atoms with Crippen molar-refractivity contribution < 1.29 is 47.4 Å². The van der Waals surface area contributed by atoms with E-state index in [-0.39, 0.29) is 44.2 Å². The van der Waals surface area contributed by atoms with Gasteiger partial charge in [0.2, 0.25) is 0 Å². The molecule has 2 aromatic carbocycles. The van der Waals surface area contributed by atoms with Crippen molar-refractivity contribution in [1.29, 1.82) is 0 Å². The molecule has 4 atom stereocenters. The van der Waals surface area contributed by atoms with E-state index in [0.29, 0.717) is 60.6 Å². The molecule has 5 saturated heterocycles. The Bertz CT molecular complexity index is 1350. The van der Waals surface area contributed by atoms with Crippen molar-refractivity contribution >= 4 is 17.9 Å². The monoisotopic (exact) mass is 676 g/mol. The van der Waals surface area contributed by atoms with E-state index in [0.717, 1.165) is 88.2 Å². The SMILES string of the molecule is O=C1/C(=C/c2ccc(OC3CCCCO3)c(OC3CCCCO3)c2)COC/C1=C\c1ccc(OC2CCCCO2)c(OC2CCCCO2)c1. The van der Waals surface area contributed by atoms with Gasteiger partial charge in [0.05, 0.1) is 39.6 Å². The lowest BCUT2D eigenvalue weighted by atomic mass is 9.97. The number of hydrogen-bond acceptors (Lipinski definition) is 10. The summed E-state index contributed by atoms with van der Waals surface area (Å²) in [5.74, 6) is 2.30. The first kappa shape index (κ1) is 34.1. The first-order chi connectivity index (χ1) is 24.2. The number of carbonyl (C=O) groups is 1. The largest absolute Gasteiger partial charge is 0.461 e. The number of carbonyl (C=O) groups excluding carboxylic acids is 1. The molecule has 0 saturated carbocycles. The average Bonchev–Trinajstić information content (AvgIpc) is 3.14. The number of rotatable bonds is 10. The highest BCUT2D eigenvalue weighted by Crippen LogP contribution is 2.36. The van der Waals surface area contributed by atoms with Crippen LogP contribution in [-0.2, 0) is 28.5 Å². The van der Waals surface area contributed by atoms with Gasteiger partial charge >= 0.3 is 0 Å². The quantitative estimate of drug-likeness (QED) is 0.237. The highest BCUT2D eigenvalue weighted by molar-refractivity contribution is 6.14. The summed E-state index contributed by atoms with van der Waals surface area (Å²) in [7, 11) is 0. The topological polar surface area (TPSA) is 100 Å². The van der Waals surface area contributed by atoms with Crippen molar-refractivity contribution in [2.45, 2.75) is 102 Å². The van der Waals surface area contributed by atoms with Gasteiger partial charge in [-0.15, -0.1) is 0 Å². The van der Waals surface area contributed by atoms with Crippen LogP contribution in [0, 0.1) is 0 Å². The highest BCUT2D eigenvalue weighted by Gasteiger charge is 2.25. The summed E-state index contributed by atoms with van der Waals surface area (Å²) in [6, 6.07) is 11.4. The van der Waals surface area contributed by atoms with Gasteiger partial charge in [-0.25, -0.2) is 0 Å². The zero-order valence-electron chi connectivity index (χ0n) is 28.2. The fraction of sp³-hybridized carbons (Fsp3) is 0.564. The molecule has 0 radical (unpaired) electrons. The summed E-state index contributed by atoms with van der Waals surface area (Å²) in [6.45, 7) is 3.15. The maximum absolute atomic E-state index is 13.8. The molecule has 2 aromatic rings. The molecule has 0 amide bonds. The van der Waals surface area contributed by atoms with Gasteiger partial charge in [-0.2, -0.15) is 0 Å². The molecule has 5 aliphatic rings. The lowest BCUT2D eigenvalue weighted by Gasteiger charge is -2.27. The third-order valence-corrected chi connectivity index (χ3v) is 9.30. The number of Topliss-reactive ketones (excluding diaryl/α,β-unsaturated/α-hetero) is 1. The normalized spacial score (nSPS) is 28.3. The Hall–Kier alpha value is -3.41. The van der Waals surface area contributed by atoms with E-state index >= 15 is 0 Å². The van der Waals surface area contributed by atoms with E-state index in [9.17, 15) is 4.79 Å². The summed E-state index contributed by atoms with van der Waals surface area (Å²) >= 11 is 0. The molecule has 0 N–H and O–H groups in total. The van der Waals surface area contributed by atoms with Gasteiger partial charge in [-0.3, -0.25) is 4.79 Å². The second kappa shape index (κ2) is 17.0. The number of hydrogen-bond donors (Lipinski definition) is 0. The maximum Gasteiger partial charge on any atom is 0.200 e. The van der Waals surface area contributed by atoms with Gasteiger partial charge in [0.15, 0.2) is 53.9 Å². The van der Waals surface area contributed by atoms with Crippen molar-refractivity contribution in [1.82, 2.24) is 0 Å². The van der Waals surface area contributed by atoms with E-state index in [1.807, 2.05) is 48.6 Å². The lowest BCUT2D eigenvalue weighted by Crippen LogP contribution is -2.27. The van der Waals surface area contributed by atoms with Crippen LogP contribution < -0.4 is 18.9 Å². The van der Waals surface area contributed by atoms with E-state index in [1.165, 1.54) is 0 Å². The molecule has 0 bridgehead atoms. The number of benzene rings is 2. The smallest absolute Gasteiger partial charge is 0.200 e. The first-order valence-electron chi connectivity index (χ1n) is 18.1. The Morgan fingerprint density at radius 1 is 0.490 bits per heavy atom. The Morgan fingerprint density at radius 3 is 1.20 bits per heavy atom. The molecule has 0 aliphatic carbocycles. The second-order valence-corrected chi connectivity index (χ2v) is 13.2. The van der Waals surface area contributed by atoms with Crippen molar-refractivity contribution in [2.75, 3.05) is 39.6 Å². The van der Waals surface area contributed by atoms with Crippen LogP contribution in [0.1, 0.15) is 88.2 Å². The summed E-state index contributed by atoms with van der Waals surface area (Å²) in [5, 5.41) is 0. The fourth-order valence-electron chi connectivity index (χ4n) is 6.62. The maximum atomic E-state index is 13.8. The number of ketones is 1. The molecule has 0 spiro atoms. The van der Waals surface area contributed by atoms with E-state index in [2.05, 4.69) is 0 Å². The highest BCUT2D eigenvalue weighted by atomic mass is 16.7. The Labute approximate surface area is 288 Å². The molecule has 5 fully saturated rings. The van der Waals surface area contributed by atoms with E-state index < -0.39 is 0 Å². The molecule has 0 aromatic heterocycles. The van der Waals surface area contributed by atoms with Crippen LogP contribution in [0.4, 0.5) is 0 Å². The van der Waals surface area contributed by atoms with Crippen LogP contribution in [0.2, 0.25) is 0 Å². The van der Waals surface area contributed by atoms with Gasteiger partial charge in [0, 0.05) is 36.8 Å². The standard InChI is InChI=1S/C39H48O10/c40-39-29(21-27-13-15-31(46-35-9-1-5-17-42-35)33(23-27)48-37-11-3-7-19-44-37)25-41-26-30(39)22-28-14-16-32(47-36-10-2-6-18-43-36)34(24-28)49-38-12-4-8-20-45-38/h13-16,21-24,35-38H,1-12,17-20,25-26H2/b29-21+,30-22+. The van der Waals surface area contributed by atoms with Crippen LogP contribution in [0.5, 0.6) is 23.0 Å². The molecule has 7 rings (SSSR count). The Morgan fingerprint density at radius 2 is 0.857 bits per heavy atom. The zero-order valence-corrected chi connectivity index (χ0v) is 28.2. The van der Waals surface area contributed by atoms with Crippen LogP contribution in [0.3, 0.4) is 0 Å².